The van der Waals surface area contributed by atoms with E-state index in [1.54, 1.807) is 12.1 Å². The first-order chi connectivity index (χ1) is 14.5. The molecule has 1 saturated heterocycles. The molecule has 2 aromatic carbocycles. The Bertz CT molecular complexity index is 867. The molecule has 3 rings (SSSR count). The predicted molar refractivity (Wildman–Crippen MR) is 116 cm³/mol. The van der Waals surface area contributed by atoms with Crippen LogP contribution in [-0.4, -0.2) is 54.6 Å². The van der Waals surface area contributed by atoms with Crippen LogP contribution < -0.4 is 10.6 Å². The number of carbonyl (C=O) groups excluding carboxylic acids is 1. The molecule has 2 N–H and O–H groups in total. The summed E-state index contributed by atoms with van der Waals surface area (Å²) in [7, 11) is 0. The Morgan fingerprint density at radius 2 is 1.87 bits per heavy atom. The Morgan fingerprint density at radius 3 is 2.50 bits per heavy atom. The van der Waals surface area contributed by atoms with E-state index >= 15 is 0 Å². The van der Waals surface area contributed by atoms with Gasteiger partial charge in [-0.2, -0.15) is 0 Å². The highest BCUT2D eigenvalue weighted by Crippen LogP contribution is 2.28. The number of nitro benzene ring substituents is 1. The first-order valence-corrected chi connectivity index (χ1v) is 10.2. The summed E-state index contributed by atoms with van der Waals surface area (Å²) in [5, 5.41) is 17.6. The molecule has 0 radical (unpaired) electrons. The first kappa shape index (κ1) is 21.7. The maximum absolute atomic E-state index is 12.2. The highest BCUT2D eigenvalue weighted by molar-refractivity contribution is 5.95. The highest BCUT2D eigenvalue weighted by atomic mass is 16.6. The van der Waals surface area contributed by atoms with Gasteiger partial charge in [-0.05, 0) is 31.5 Å². The van der Waals surface area contributed by atoms with Gasteiger partial charge in [0.25, 0.3) is 11.6 Å². The molecule has 1 amide bonds. The minimum atomic E-state index is -0.458. The van der Waals surface area contributed by atoms with Gasteiger partial charge in [0.15, 0.2) is 0 Å². The number of ether oxygens (including phenoxy) is 1. The monoisotopic (exact) mass is 412 g/mol. The minimum Gasteiger partial charge on any atom is -0.379 e. The lowest BCUT2D eigenvalue weighted by Gasteiger charge is -2.35. The van der Waals surface area contributed by atoms with E-state index in [0.717, 1.165) is 18.7 Å². The molecule has 1 atom stereocenters. The molecule has 0 bridgehead atoms. The maximum atomic E-state index is 12.2. The zero-order valence-electron chi connectivity index (χ0n) is 17.3. The van der Waals surface area contributed by atoms with Crippen molar-refractivity contribution in [1.82, 2.24) is 10.2 Å². The maximum Gasteiger partial charge on any atom is 0.293 e. The number of nitrogens with one attached hydrogen (secondary N) is 2. The average molecular weight is 412 g/mol. The van der Waals surface area contributed by atoms with Crippen LogP contribution in [0.5, 0.6) is 0 Å². The van der Waals surface area contributed by atoms with Crippen LogP contribution in [0.15, 0.2) is 48.5 Å². The fraction of sp³-hybridized carbons (Fsp3) is 0.409. The molecule has 8 heteroatoms. The van der Waals surface area contributed by atoms with Gasteiger partial charge in [0, 0.05) is 37.3 Å². The number of amides is 1. The molecule has 0 aromatic heterocycles. The molecule has 1 unspecified atom stereocenters. The molecule has 1 heterocycles. The summed E-state index contributed by atoms with van der Waals surface area (Å²) < 4.78 is 5.47. The van der Waals surface area contributed by atoms with Gasteiger partial charge in [-0.1, -0.05) is 30.3 Å². The normalized spacial score (nSPS) is 15.6. The van der Waals surface area contributed by atoms with Gasteiger partial charge in [-0.15, -0.1) is 0 Å². The zero-order chi connectivity index (χ0) is 21.5. The predicted octanol–water partition coefficient (Wildman–Crippen LogP) is 3.22. The number of hydrogen-bond acceptors (Lipinski definition) is 6. The third-order valence-corrected chi connectivity index (χ3v) is 5.03. The van der Waals surface area contributed by atoms with Gasteiger partial charge in [-0.3, -0.25) is 19.8 Å². The first-order valence-electron chi connectivity index (χ1n) is 10.2. The summed E-state index contributed by atoms with van der Waals surface area (Å²) in [4.78, 5) is 25.7. The number of nitrogens with zero attached hydrogens (tertiary/aromatic N) is 2. The van der Waals surface area contributed by atoms with Gasteiger partial charge in [0.1, 0.15) is 5.69 Å². The lowest BCUT2D eigenvalue weighted by atomic mass is 10.0. The number of benzene rings is 2. The van der Waals surface area contributed by atoms with Gasteiger partial charge in [-0.25, -0.2) is 0 Å². The largest absolute Gasteiger partial charge is 0.379 e. The number of carbonyl (C=O) groups is 1. The second-order valence-electron chi connectivity index (χ2n) is 7.57. The smallest absolute Gasteiger partial charge is 0.293 e. The van der Waals surface area contributed by atoms with Crippen molar-refractivity contribution in [1.29, 1.82) is 0 Å². The Kier molecular flexibility index (Phi) is 7.37. The van der Waals surface area contributed by atoms with E-state index < -0.39 is 4.92 Å². The summed E-state index contributed by atoms with van der Waals surface area (Å²) in [6, 6.07) is 14.6. The van der Waals surface area contributed by atoms with Crippen molar-refractivity contribution in [2.24, 2.45) is 0 Å². The van der Waals surface area contributed by atoms with Crippen molar-refractivity contribution in [2.45, 2.75) is 25.9 Å². The molecule has 0 aliphatic carbocycles. The fourth-order valence-corrected chi connectivity index (χ4v) is 3.55. The Labute approximate surface area is 176 Å². The van der Waals surface area contributed by atoms with Crippen molar-refractivity contribution in [3.05, 3.63) is 69.8 Å². The van der Waals surface area contributed by atoms with E-state index in [2.05, 4.69) is 27.7 Å². The van der Waals surface area contributed by atoms with Crippen LogP contribution in [0.2, 0.25) is 0 Å². The molecule has 1 fully saturated rings. The molecule has 30 heavy (non-hydrogen) atoms. The van der Waals surface area contributed by atoms with Crippen LogP contribution in [0.3, 0.4) is 0 Å². The highest BCUT2D eigenvalue weighted by Gasteiger charge is 2.24. The SMILES string of the molecule is CC(C)NC(=O)c1ccc(NCC(c2ccccc2)N2CCOCC2)c([N+](=O)[O-])c1. The molecule has 2 aromatic rings. The van der Waals surface area contributed by atoms with Crippen LogP contribution in [0.4, 0.5) is 11.4 Å². The molecule has 0 spiro atoms. The minimum absolute atomic E-state index is 0.0467. The lowest BCUT2D eigenvalue weighted by molar-refractivity contribution is -0.384. The zero-order valence-corrected chi connectivity index (χ0v) is 17.3. The topological polar surface area (TPSA) is 96.7 Å². The second-order valence-corrected chi connectivity index (χ2v) is 7.57. The number of rotatable bonds is 8. The van der Waals surface area contributed by atoms with Crippen molar-refractivity contribution >= 4 is 17.3 Å². The van der Waals surface area contributed by atoms with E-state index in [9.17, 15) is 14.9 Å². The average Bonchev–Trinajstić information content (AvgIpc) is 2.75. The number of morpholine rings is 1. The van der Waals surface area contributed by atoms with E-state index in [0.29, 0.717) is 25.4 Å². The van der Waals surface area contributed by atoms with Crippen molar-refractivity contribution < 1.29 is 14.5 Å². The third kappa shape index (κ3) is 5.55. The summed E-state index contributed by atoms with van der Waals surface area (Å²) in [5.41, 5.74) is 1.70. The Balaban J connectivity index is 1.80. The quantitative estimate of drug-likeness (QED) is 0.510. The van der Waals surface area contributed by atoms with Crippen LogP contribution in [-0.2, 0) is 4.74 Å². The van der Waals surface area contributed by atoms with Crippen LogP contribution >= 0.6 is 0 Å². The van der Waals surface area contributed by atoms with E-state index in [1.807, 2.05) is 32.0 Å². The van der Waals surface area contributed by atoms with Gasteiger partial charge >= 0.3 is 0 Å². The Hall–Kier alpha value is -2.97. The van der Waals surface area contributed by atoms with E-state index in [-0.39, 0.29) is 29.2 Å². The molecule has 1 aliphatic heterocycles. The van der Waals surface area contributed by atoms with Crippen molar-refractivity contribution in [3.8, 4) is 0 Å². The van der Waals surface area contributed by atoms with Crippen LogP contribution in [0.25, 0.3) is 0 Å². The fourth-order valence-electron chi connectivity index (χ4n) is 3.55. The van der Waals surface area contributed by atoms with Crippen molar-refractivity contribution in [3.63, 3.8) is 0 Å². The molecule has 160 valence electrons. The summed E-state index contributed by atoms with van der Waals surface area (Å²) in [6.45, 7) is 7.14. The second kappa shape index (κ2) is 10.2. The van der Waals surface area contributed by atoms with Crippen LogP contribution in [0, 0.1) is 10.1 Å². The summed E-state index contributed by atoms with van der Waals surface area (Å²) in [6.07, 6.45) is 0. The molecule has 0 saturated carbocycles. The van der Waals surface area contributed by atoms with E-state index in [1.165, 1.54) is 6.07 Å². The molecular weight excluding hydrogens is 384 g/mol. The lowest BCUT2D eigenvalue weighted by Crippen LogP contribution is -2.41. The summed E-state index contributed by atoms with van der Waals surface area (Å²) in [5.74, 6) is -0.324. The Morgan fingerprint density at radius 1 is 1.17 bits per heavy atom. The number of hydrogen-bond donors (Lipinski definition) is 2. The standard InChI is InChI=1S/C22H28N4O4/c1-16(2)24-22(27)18-8-9-19(20(14-18)26(28)29)23-15-21(17-6-4-3-5-7-17)25-10-12-30-13-11-25/h3-9,14,16,21,23H,10-13,15H2,1-2H3,(H,24,27). The third-order valence-electron chi connectivity index (χ3n) is 5.03. The van der Waals surface area contributed by atoms with Gasteiger partial charge in [0.05, 0.1) is 24.2 Å². The van der Waals surface area contributed by atoms with Crippen molar-refractivity contribution in [2.75, 3.05) is 38.2 Å². The van der Waals surface area contributed by atoms with E-state index in [4.69, 9.17) is 4.74 Å². The summed E-state index contributed by atoms with van der Waals surface area (Å²) >= 11 is 0. The number of anilines is 1. The molecular formula is C22H28N4O4. The van der Waals surface area contributed by atoms with Crippen LogP contribution in [0.1, 0.15) is 35.8 Å². The molecule has 8 nitrogen and oxygen atoms in total. The molecule has 1 aliphatic rings. The number of nitro groups is 1. The van der Waals surface area contributed by atoms with Gasteiger partial charge < -0.3 is 15.4 Å². The van der Waals surface area contributed by atoms with Gasteiger partial charge in [0.2, 0.25) is 0 Å².